The average Bonchev–Trinajstić information content (AvgIpc) is 3.01. The summed E-state index contributed by atoms with van der Waals surface area (Å²) in [6, 6.07) is 9.52. The molecule has 0 spiro atoms. The van der Waals surface area contributed by atoms with Gasteiger partial charge in [0.15, 0.2) is 0 Å². The van der Waals surface area contributed by atoms with Crippen molar-refractivity contribution in [3.05, 3.63) is 59.5 Å². The number of carbonyl (C=O) groups is 1. The minimum absolute atomic E-state index is 0.206. The van der Waals surface area contributed by atoms with E-state index in [-0.39, 0.29) is 11.5 Å². The largest absolute Gasteiger partial charge is 0.491 e. The number of methoxy groups -OCH3 is 1. The van der Waals surface area contributed by atoms with Crippen LogP contribution in [0.2, 0.25) is 0 Å². The summed E-state index contributed by atoms with van der Waals surface area (Å²) in [5.41, 5.74) is 3.09. The molecule has 27 heavy (non-hydrogen) atoms. The minimum atomic E-state index is -0.955. The van der Waals surface area contributed by atoms with Gasteiger partial charge in [-0.15, -0.1) is 0 Å². The van der Waals surface area contributed by atoms with Crippen LogP contribution in [0.15, 0.2) is 42.7 Å². The van der Waals surface area contributed by atoms with Crippen molar-refractivity contribution in [2.75, 3.05) is 20.3 Å². The van der Waals surface area contributed by atoms with Crippen LogP contribution in [0.4, 0.5) is 0 Å². The molecule has 0 atom stereocenters. The Morgan fingerprint density at radius 3 is 2.70 bits per heavy atom. The zero-order valence-corrected chi connectivity index (χ0v) is 15.8. The molecule has 1 N–H and O–H groups in total. The number of carboxylic acid groups (broad SMARTS) is 1. The molecule has 0 saturated carbocycles. The molecule has 0 fully saturated rings. The third-order valence-corrected chi connectivity index (χ3v) is 4.44. The van der Waals surface area contributed by atoms with E-state index in [1.807, 2.05) is 28.8 Å². The van der Waals surface area contributed by atoms with Crippen molar-refractivity contribution >= 4 is 16.9 Å². The Hall–Kier alpha value is -2.86. The first-order valence-electron chi connectivity index (χ1n) is 8.93. The SMILES string of the molecule is COCCOc1cc(C(C)C)c2c(c1)c(C(=O)O)cn2Cc1ccccn1. The maximum Gasteiger partial charge on any atom is 0.337 e. The fourth-order valence-corrected chi connectivity index (χ4v) is 3.17. The Balaban J connectivity index is 2.14. The lowest BCUT2D eigenvalue weighted by Crippen LogP contribution is -2.06. The summed E-state index contributed by atoms with van der Waals surface area (Å²) in [5.74, 6) is -0.0950. The normalized spacial score (nSPS) is 11.3. The number of aromatic carboxylic acids is 1. The van der Waals surface area contributed by atoms with Crippen molar-refractivity contribution in [1.29, 1.82) is 0 Å². The van der Waals surface area contributed by atoms with Crippen molar-refractivity contribution in [3.8, 4) is 5.75 Å². The Morgan fingerprint density at radius 1 is 1.26 bits per heavy atom. The number of pyridine rings is 1. The lowest BCUT2D eigenvalue weighted by atomic mass is 9.99. The molecular weight excluding hydrogens is 344 g/mol. The quantitative estimate of drug-likeness (QED) is 0.610. The van der Waals surface area contributed by atoms with E-state index in [9.17, 15) is 9.90 Å². The van der Waals surface area contributed by atoms with Gasteiger partial charge in [-0.2, -0.15) is 0 Å². The van der Waals surface area contributed by atoms with Crippen LogP contribution < -0.4 is 4.74 Å². The highest BCUT2D eigenvalue weighted by atomic mass is 16.5. The zero-order valence-electron chi connectivity index (χ0n) is 15.8. The van der Waals surface area contributed by atoms with Crippen LogP contribution >= 0.6 is 0 Å². The number of hydrogen-bond acceptors (Lipinski definition) is 4. The Labute approximate surface area is 158 Å². The first-order chi connectivity index (χ1) is 13.0. The Bertz CT molecular complexity index is 932. The number of aromatic nitrogens is 2. The lowest BCUT2D eigenvalue weighted by Gasteiger charge is -2.15. The second-order valence-corrected chi connectivity index (χ2v) is 6.70. The van der Waals surface area contributed by atoms with Crippen molar-refractivity contribution < 1.29 is 19.4 Å². The molecule has 0 aliphatic carbocycles. The number of ether oxygens (including phenoxy) is 2. The predicted molar refractivity (Wildman–Crippen MR) is 104 cm³/mol. The van der Waals surface area contributed by atoms with Gasteiger partial charge in [0.05, 0.1) is 29.9 Å². The van der Waals surface area contributed by atoms with Crippen LogP contribution in [0.3, 0.4) is 0 Å². The molecule has 0 aliphatic rings. The maximum absolute atomic E-state index is 11.8. The van der Waals surface area contributed by atoms with E-state index in [0.717, 1.165) is 16.8 Å². The van der Waals surface area contributed by atoms with E-state index in [1.165, 1.54) is 0 Å². The summed E-state index contributed by atoms with van der Waals surface area (Å²) in [5, 5.41) is 10.4. The average molecular weight is 368 g/mol. The lowest BCUT2D eigenvalue weighted by molar-refractivity contribution is 0.0699. The maximum atomic E-state index is 11.8. The fraction of sp³-hybridized carbons (Fsp3) is 0.333. The standard InChI is InChI=1S/C21H24N2O4/c1-14(2)17-10-16(27-9-8-26-3)11-18-19(21(24)25)13-23(20(17)18)12-15-6-4-5-7-22-15/h4-7,10-11,13-14H,8-9,12H2,1-3H3,(H,24,25). The second kappa shape index (κ2) is 8.22. The number of rotatable bonds is 8. The molecule has 0 bridgehead atoms. The molecule has 1 aromatic carbocycles. The van der Waals surface area contributed by atoms with Gasteiger partial charge in [0.2, 0.25) is 0 Å². The highest BCUT2D eigenvalue weighted by molar-refractivity contribution is 6.05. The van der Waals surface area contributed by atoms with Gasteiger partial charge in [0, 0.05) is 24.9 Å². The van der Waals surface area contributed by atoms with Crippen LogP contribution in [-0.4, -0.2) is 41.0 Å². The van der Waals surface area contributed by atoms with E-state index in [0.29, 0.717) is 30.9 Å². The number of hydrogen-bond donors (Lipinski definition) is 1. The fourth-order valence-electron chi connectivity index (χ4n) is 3.17. The molecule has 2 heterocycles. The number of carboxylic acids is 1. The van der Waals surface area contributed by atoms with E-state index >= 15 is 0 Å². The summed E-state index contributed by atoms with van der Waals surface area (Å²) in [6.45, 7) is 5.57. The molecule has 3 aromatic rings. The van der Waals surface area contributed by atoms with Crippen LogP contribution in [-0.2, 0) is 11.3 Å². The summed E-state index contributed by atoms with van der Waals surface area (Å²) >= 11 is 0. The second-order valence-electron chi connectivity index (χ2n) is 6.70. The van der Waals surface area contributed by atoms with Crippen LogP contribution in [0.25, 0.3) is 10.9 Å². The van der Waals surface area contributed by atoms with Crippen LogP contribution in [0, 0.1) is 0 Å². The van der Waals surface area contributed by atoms with Gasteiger partial charge in [-0.3, -0.25) is 4.98 Å². The smallest absolute Gasteiger partial charge is 0.337 e. The van der Waals surface area contributed by atoms with E-state index < -0.39 is 5.97 Å². The monoisotopic (exact) mass is 368 g/mol. The molecule has 142 valence electrons. The van der Waals surface area contributed by atoms with Crippen molar-refractivity contribution in [3.63, 3.8) is 0 Å². The number of nitrogens with zero attached hydrogens (tertiary/aromatic N) is 2. The molecule has 0 amide bonds. The van der Waals surface area contributed by atoms with Gasteiger partial charge < -0.3 is 19.1 Å². The van der Waals surface area contributed by atoms with Gasteiger partial charge in [0.1, 0.15) is 12.4 Å². The molecule has 3 rings (SSSR count). The highest BCUT2D eigenvalue weighted by Crippen LogP contribution is 2.34. The molecule has 0 unspecified atom stereocenters. The van der Waals surface area contributed by atoms with E-state index in [1.54, 1.807) is 25.6 Å². The predicted octanol–water partition coefficient (Wildman–Crippen LogP) is 3.93. The molecule has 6 nitrogen and oxygen atoms in total. The first-order valence-corrected chi connectivity index (χ1v) is 8.93. The van der Waals surface area contributed by atoms with Crippen molar-refractivity contribution in [2.24, 2.45) is 0 Å². The van der Waals surface area contributed by atoms with E-state index in [4.69, 9.17) is 9.47 Å². The van der Waals surface area contributed by atoms with Crippen molar-refractivity contribution in [1.82, 2.24) is 9.55 Å². The number of fused-ring (bicyclic) bond motifs is 1. The van der Waals surface area contributed by atoms with E-state index in [2.05, 4.69) is 18.8 Å². The highest BCUT2D eigenvalue weighted by Gasteiger charge is 2.20. The van der Waals surface area contributed by atoms with Crippen molar-refractivity contribution in [2.45, 2.75) is 26.3 Å². The molecule has 6 heteroatoms. The summed E-state index contributed by atoms with van der Waals surface area (Å²) in [6.07, 6.45) is 3.43. The minimum Gasteiger partial charge on any atom is -0.491 e. The molecule has 0 radical (unpaired) electrons. The first kappa shape index (κ1) is 18.9. The topological polar surface area (TPSA) is 73.6 Å². The zero-order chi connectivity index (χ0) is 19.4. The van der Waals surface area contributed by atoms with Crippen LogP contribution in [0.1, 0.15) is 41.4 Å². The third kappa shape index (κ3) is 4.11. The van der Waals surface area contributed by atoms with Gasteiger partial charge in [-0.1, -0.05) is 19.9 Å². The number of benzene rings is 1. The van der Waals surface area contributed by atoms with Gasteiger partial charge >= 0.3 is 5.97 Å². The molecule has 2 aromatic heterocycles. The summed E-state index contributed by atoms with van der Waals surface area (Å²) < 4.78 is 12.8. The molecule has 0 aliphatic heterocycles. The summed E-state index contributed by atoms with van der Waals surface area (Å²) in [7, 11) is 1.62. The van der Waals surface area contributed by atoms with Gasteiger partial charge in [-0.25, -0.2) is 4.79 Å². The Morgan fingerprint density at radius 2 is 2.07 bits per heavy atom. The summed E-state index contributed by atoms with van der Waals surface area (Å²) in [4.78, 5) is 16.2. The third-order valence-electron chi connectivity index (χ3n) is 4.44. The molecule has 0 saturated heterocycles. The van der Waals surface area contributed by atoms with Gasteiger partial charge in [0.25, 0.3) is 0 Å². The van der Waals surface area contributed by atoms with Gasteiger partial charge in [-0.05, 0) is 35.7 Å². The molecular formula is C21H24N2O4. The van der Waals surface area contributed by atoms with Crippen LogP contribution in [0.5, 0.6) is 5.75 Å². The Kier molecular flexibility index (Phi) is 5.76.